The molecule has 110 valence electrons. The fourth-order valence-corrected chi connectivity index (χ4v) is 1.99. The molecule has 0 saturated heterocycles. The Bertz CT molecular complexity index is 597. The molecule has 21 heavy (non-hydrogen) atoms. The molecule has 3 N–H and O–H groups in total. The van der Waals surface area contributed by atoms with E-state index in [1.54, 1.807) is 0 Å². The number of benzene rings is 2. The minimum atomic E-state index is -0.536. The van der Waals surface area contributed by atoms with Crippen molar-refractivity contribution in [2.24, 2.45) is 11.1 Å². The predicted octanol–water partition coefficient (Wildman–Crippen LogP) is 3.67. The van der Waals surface area contributed by atoms with Gasteiger partial charge in [0, 0.05) is 5.69 Å². The van der Waals surface area contributed by atoms with Crippen LogP contribution >= 0.6 is 0 Å². The molecule has 0 aliphatic heterocycles. The maximum atomic E-state index is 12.1. The number of amides is 1. The van der Waals surface area contributed by atoms with E-state index in [1.807, 2.05) is 63.2 Å². The monoisotopic (exact) mass is 282 g/mol. The molecule has 0 aromatic heterocycles. The molecule has 0 spiro atoms. The summed E-state index contributed by atoms with van der Waals surface area (Å²) in [4.78, 5) is 12.1. The lowest BCUT2D eigenvalue weighted by Gasteiger charge is -2.25. The van der Waals surface area contributed by atoms with E-state index < -0.39 is 6.04 Å². The van der Waals surface area contributed by atoms with Gasteiger partial charge in [-0.25, -0.2) is 0 Å². The van der Waals surface area contributed by atoms with Gasteiger partial charge < -0.3 is 11.1 Å². The molecule has 2 rings (SSSR count). The zero-order valence-corrected chi connectivity index (χ0v) is 12.8. The smallest absolute Gasteiger partial charge is 0.241 e. The Morgan fingerprint density at radius 1 is 0.952 bits per heavy atom. The number of carbonyl (C=O) groups excluding carboxylic acids is 1. The zero-order chi connectivity index (χ0) is 15.5. The van der Waals surface area contributed by atoms with Crippen LogP contribution in [0.15, 0.2) is 54.6 Å². The van der Waals surface area contributed by atoms with Crippen molar-refractivity contribution in [1.29, 1.82) is 0 Å². The second-order valence-corrected chi connectivity index (χ2v) is 6.28. The van der Waals surface area contributed by atoms with Gasteiger partial charge in [0.1, 0.15) is 0 Å². The minimum Gasteiger partial charge on any atom is -0.325 e. The van der Waals surface area contributed by atoms with Crippen molar-refractivity contribution < 1.29 is 4.79 Å². The lowest BCUT2D eigenvalue weighted by molar-refractivity contribution is -0.119. The van der Waals surface area contributed by atoms with Crippen molar-refractivity contribution in [2.45, 2.75) is 26.8 Å². The van der Waals surface area contributed by atoms with E-state index in [2.05, 4.69) is 17.4 Å². The Labute approximate surface area is 126 Å². The lowest BCUT2D eigenvalue weighted by Crippen LogP contribution is -2.45. The Morgan fingerprint density at radius 2 is 1.48 bits per heavy atom. The van der Waals surface area contributed by atoms with Crippen LogP contribution < -0.4 is 11.1 Å². The summed E-state index contributed by atoms with van der Waals surface area (Å²) in [6.07, 6.45) is 0. The molecule has 0 aliphatic rings. The third-order valence-corrected chi connectivity index (χ3v) is 3.48. The van der Waals surface area contributed by atoms with Gasteiger partial charge in [-0.15, -0.1) is 0 Å². The van der Waals surface area contributed by atoms with Crippen LogP contribution in [0.3, 0.4) is 0 Å². The molecule has 0 fully saturated rings. The third kappa shape index (κ3) is 3.92. The van der Waals surface area contributed by atoms with Crippen molar-refractivity contribution in [3.8, 4) is 11.1 Å². The maximum absolute atomic E-state index is 12.1. The number of hydrogen-bond acceptors (Lipinski definition) is 2. The second kappa shape index (κ2) is 6.10. The summed E-state index contributed by atoms with van der Waals surface area (Å²) in [5, 5.41) is 2.86. The van der Waals surface area contributed by atoms with Crippen molar-refractivity contribution in [1.82, 2.24) is 0 Å². The maximum Gasteiger partial charge on any atom is 0.241 e. The van der Waals surface area contributed by atoms with Crippen LogP contribution in [0.1, 0.15) is 20.8 Å². The highest BCUT2D eigenvalue weighted by Crippen LogP contribution is 2.22. The molecule has 0 bridgehead atoms. The van der Waals surface area contributed by atoms with Crippen molar-refractivity contribution in [2.75, 3.05) is 5.32 Å². The molecular formula is C18H22N2O. The first-order valence-corrected chi connectivity index (χ1v) is 7.10. The van der Waals surface area contributed by atoms with Crippen LogP contribution in [0.4, 0.5) is 5.69 Å². The van der Waals surface area contributed by atoms with E-state index in [-0.39, 0.29) is 11.3 Å². The quantitative estimate of drug-likeness (QED) is 0.902. The van der Waals surface area contributed by atoms with Crippen molar-refractivity contribution in [3.63, 3.8) is 0 Å². The SMILES string of the molecule is CC(C)(C)[C@H](N)C(=O)Nc1ccc(-c2ccccc2)cc1. The summed E-state index contributed by atoms with van der Waals surface area (Å²) in [7, 11) is 0. The Kier molecular flexibility index (Phi) is 4.43. The fraction of sp³-hybridized carbons (Fsp3) is 0.278. The van der Waals surface area contributed by atoms with E-state index in [0.29, 0.717) is 0 Å². The highest BCUT2D eigenvalue weighted by Gasteiger charge is 2.27. The van der Waals surface area contributed by atoms with Crippen LogP contribution in [-0.2, 0) is 4.79 Å². The molecule has 3 nitrogen and oxygen atoms in total. The normalized spacial score (nSPS) is 12.8. The number of nitrogens with one attached hydrogen (secondary N) is 1. The Balaban J connectivity index is 2.08. The summed E-state index contributed by atoms with van der Waals surface area (Å²) in [5.74, 6) is -0.157. The predicted molar refractivity (Wildman–Crippen MR) is 87.9 cm³/mol. The highest BCUT2D eigenvalue weighted by molar-refractivity contribution is 5.95. The largest absolute Gasteiger partial charge is 0.325 e. The molecule has 0 unspecified atom stereocenters. The number of rotatable bonds is 3. The molecule has 1 atom stereocenters. The minimum absolute atomic E-state index is 0.157. The van der Waals surface area contributed by atoms with Crippen LogP contribution in [-0.4, -0.2) is 11.9 Å². The first kappa shape index (κ1) is 15.3. The van der Waals surface area contributed by atoms with E-state index in [1.165, 1.54) is 0 Å². The first-order chi connectivity index (χ1) is 9.88. The molecule has 0 aliphatic carbocycles. The van der Waals surface area contributed by atoms with Gasteiger partial charge in [0.2, 0.25) is 5.91 Å². The van der Waals surface area contributed by atoms with Crippen LogP contribution in [0.2, 0.25) is 0 Å². The number of carbonyl (C=O) groups is 1. The number of hydrogen-bond donors (Lipinski definition) is 2. The van der Waals surface area contributed by atoms with E-state index >= 15 is 0 Å². The molecule has 2 aromatic carbocycles. The van der Waals surface area contributed by atoms with E-state index in [9.17, 15) is 4.79 Å². The van der Waals surface area contributed by atoms with Gasteiger partial charge in [-0.3, -0.25) is 4.79 Å². The van der Waals surface area contributed by atoms with E-state index in [0.717, 1.165) is 16.8 Å². The van der Waals surface area contributed by atoms with Gasteiger partial charge in [-0.2, -0.15) is 0 Å². The van der Waals surface area contributed by atoms with Gasteiger partial charge in [0.25, 0.3) is 0 Å². The number of anilines is 1. The molecule has 0 saturated carbocycles. The van der Waals surface area contributed by atoms with E-state index in [4.69, 9.17) is 5.73 Å². The standard InChI is InChI=1S/C18H22N2O/c1-18(2,3)16(19)17(21)20-15-11-9-14(10-12-15)13-7-5-4-6-8-13/h4-12,16H,19H2,1-3H3,(H,20,21)/t16-/m1/s1. The highest BCUT2D eigenvalue weighted by atomic mass is 16.2. The summed E-state index contributed by atoms with van der Waals surface area (Å²) >= 11 is 0. The van der Waals surface area contributed by atoms with Gasteiger partial charge in [0.05, 0.1) is 6.04 Å². The van der Waals surface area contributed by atoms with Gasteiger partial charge >= 0.3 is 0 Å². The average molecular weight is 282 g/mol. The van der Waals surface area contributed by atoms with Crippen LogP contribution in [0.25, 0.3) is 11.1 Å². The van der Waals surface area contributed by atoms with Crippen molar-refractivity contribution >= 4 is 11.6 Å². The average Bonchev–Trinajstić information content (AvgIpc) is 2.47. The summed E-state index contributed by atoms with van der Waals surface area (Å²) < 4.78 is 0. The lowest BCUT2D eigenvalue weighted by atomic mass is 9.87. The van der Waals surface area contributed by atoms with Gasteiger partial charge in [-0.1, -0.05) is 63.2 Å². The first-order valence-electron chi connectivity index (χ1n) is 7.10. The van der Waals surface area contributed by atoms with Crippen molar-refractivity contribution in [3.05, 3.63) is 54.6 Å². The Morgan fingerprint density at radius 3 is 2.00 bits per heavy atom. The summed E-state index contributed by atoms with van der Waals surface area (Å²) in [6, 6.07) is 17.4. The van der Waals surface area contributed by atoms with Crippen LogP contribution in [0.5, 0.6) is 0 Å². The second-order valence-electron chi connectivity index (χ2n) is 6.28. The zero-order valence-electron chi connectivity index (χ0n) is 12.8. The summed E-state index contributed by atoms with van der Waals surface area (Å²) in [6.45, 7) is 5.86. The topological polar surface area (TPSA) is 55.1 Å². The van der Waals surface area contributed by atoms with Gasteiger partial charge in [0.15, 0.2) is 0 Å². The fourth-order valence-electron chi connectivity index (χ4n) is 1.99. The number of nitrogens with two attached hydrogens (primary N) is 1. The third-order valence-electron chi connectivity index (χ3n) is 3.48. The molecule has 2 aromatic rings. The van der Waals surface area contributed by atoms with Gasteiger partial charge in [-0.05, 0) is 28.7 Å². The molecule has 0 radical (unpaired) electrons. The summed E-state index contributed by atoms with van der Waals surface area (Å²) in [5.41, 5.74) is 8.73. The molecule has 3 heteroatoms. The molecular weight excluding hydrogens is 260 g/mol. The Hall–Kier alpha value is -2.13. The van der Waals surface area contributed by atoms with Crippen LogP contribution in [0, 0.1) is 5.41 Å². The molecule has 1 amide bonds. The molecule has 0 heterocycles.